The van der Waals surface area contributed by atoms with Gasteiger partial charge in [0.05, 0.1) is 19.3 Å². The lowest BCUT2D eigenvalue weighted by Crippen LogP contribution is -2.19. The second-order valence-corrected chi connectivity index (χ2v) is 4.00. The van der Waals surface area contributed by atoms with Crippen LogP contribution in [0.25, 0.3) is 0 Å². The Bertz CT molecular complexity index is 310. The van der Waals surface area contributed by atoms with E-state index in [-0.39, 0.29) is 0 Å². The van der Waals surface area contributed by atoms with Crippen LogP contribution in [0, 0.1) is 0 Å². The summed E-state index contributed by atoms with van der Waals surface area (Å²) in [6.07, 6.45) is 1.71. The molecule has 0 radical (unpaired) electrons. The molecule has 0 saturated heterocycles. The van der Waals surface area contributed by atoms with E-state index < -0.39 is 5.60 Å². The summed E-state index contributed by atoms with van der Waals surface area (Å²) in [5, 5.41) is 3.16. The third kappa shape index (κ3) is 3.59. The van der Waals surface area contributed by atoms with Gasteiger partial charge in [-0.3, -0.25) is 0 Å². The number of aromatic nitrogens is 1. The molecule has 0 atom stereocenters. The van der Waals surface area contributed by atoms with Crippen molar-refractivity contribution in [1.82, 2.24) is 10.3 Å². The average Bonchev–Trinajstić information content (AvgIpc) is 2.74. The molecule has 5 nitrogen and oxygen atoms in total. The molecule has 0 unspecified atom stereocenters. The highest BCUT2D eigenvalue weighted by atomic mass is 16.5. The normalized spacial score (nSPS) is 12.0. The summed E-state index contributed by atoms with van der Waals surface area (Å²) in [5.74, 6) is 1.40. The van der Waals surface area contributed by atoms with E-state index in [0.717, 1.165) is 12.3 Å². The summed E-state index contributed by atoms with van der Waals surface area (Å²) in [7, 11) is 3.32. The van der Waals surface area contributed by atoms with Crippen molar-refractivity contribution in [1.29, 1.82) is 0 Å². The molecule has 0 saturated carbocycles. The number of oxazole rings is 1. The van der Waals surface area contributed by atoms with Crippen LogP contribution in [0.2, 0.25) is 0 Å². The Labute approximate surface area is 96.1 Å². The maximum Gasteiger partial charge on any atom is 0.208 e. The van der Waals surface area contributed by atoms with Gasteiger partial charge >= 0.3 is 0 Å². The summed E-state index contributed by atoms with van der Waals surface area (Å²) in [6, 6.07) is 0. The van der Waals surface area contributed by atoms with Crippen molar-refractivity contribution in [2.24, 2.45) is 0 Å². The van der Waals surface area contributed by atoms with Crippen LogP contribution in [0.1, 0.15) is 25.5 Å². The molecule has 0 aliphatic heterocycles. The zero-order chi connectivity index (χ0) is 12.0. The predicted molar refractivity (Wildman–Crippen MR) is 60.1 cm³/mol. The first kappa shape index (κ1) is 13.2. The maximum absolute atomic E-state index is 5.58. The maximum atomic E-state index is 5.58. The van der Waals surface area contributed by atoms with Gasteiger partial charge in [-0.1, -0.05) is 0 Å². The molecule has 1 aromatic rings. The number of hydrogen-bond donors (Lipinski definition) is 1. The number of ether oxygens (including phenoxy) is 2. The predicted octanol–water partition coefficient (Wildman–Crippen LogP) is 1.29. The SMILES string of the molecule is COCCNCc1ncc(C(C)(C)OC)o1. The fraction of sp³-hybridized carbons (Fsp3) is 0.727. The van der Waals surface area contributed by atoms with E-state index >= 15 is 0 Å². The Morgan fingerprint density at radius 3 is 2.81 bits per heavy atom. The second-order valence-electron chi connectivity index (χ2n) is 4.00. The van der Waals surface area contributed by atoms with Crippen molar-refractivity contribution in [3.63, 3.8) is 0 Å². The van der Waals surface area contributed by atoms with Gasteiger partial charge in [0.2, 0.25) is 5.89 Å². The molecule has 1 heterocycles. The third-order valence-corrected chi connectivity index (χ3v) is 2.42. The van der Waals surface area contributed by atoms with Crippen LogP contribution in [0.4, 0.5) is 0 Å². The number of rotatable bonds is 7. The van der Waals surface area contributed by atoms with Crippen LogP contribution in [0.5, 0.6) is 0 Å². The van der Waals surface area contributed by atoms with Crippen molar-refractivity contribution in [3.8, 4) is 0 Å². The van der Waals surface area contributed by atoms with E-state index in [1.807, 2.05) is 13.8 Å². The lowest BCUT2D eigenvalue weighted by molar-refractivity contribution is 0.0000158. The number of nitrogens with zero attached hydrogens (tertiary/aromatic N) is 1. The summed E-state index contributed by atoms with van der Waals surface area (Å²) in [6.45, 7) is 5.94. The first-order valence-corrected chi connectivity index (χ1v) is 5.30. The fourth-order valence-electron chi connectivity index (χ4n) is 1.14. The van der Waals surface area contributed by atoms with Crippen LogP contribution in [-0.2, 0) is 21.6 Å². The van der Waals surface area contributed by atoms with Crippen LogP contribution in [0.3, 0.4) is 0 Å². The van der Waals surface area contributed by atoms with E-state index in [9.17, 15) is 0 Å². The Morgan fingerprint density at radius 2 is 2.19 bits per heavy atom. The van der Waals surface area contributed by atoms with Gasteiger partial charge in [-0.25, -0.2) is 4.98 Å². The number of nitrogens with one attached hydrogen (secondary N) is 1. The highest BCUT2D eigenvalue weighted by Gasteiger charge is 2.24. The Balaban J connectivity index is 2.45. The highest BCUT2D eigenvalue weighted by Crippen LogP contribution is 2.23. The van der Waals surface area contributed by atoms with Crippen LogP contribution >= 0.6 is 0 Å². The lowest BCUT2D eigenvalue weighted by atomic mass is 10.1. The minimum atomic E-state index is -0.433. The van der Waals surface area contributed by atoms with Crippen LogP contribution in [0.15, 0.2) is 10.6 Å². The van der Waals surface area contributed by atoms with Gasteiger partial charge in [-0.2, -0.15) is 0 Å². The van der Waals surface area contributed by atoms with Crippen molar-refractivity contribution in [2.45, 2.75) is 26.0 Å². The molecule has 0 fully saturated rings. The average molecular weight is 228 g/mol. The van der Waals surface area contributed by atoms with Gasteiger partial charge in [0.1, 0.15) is 5.60 Å². The molecule has 1 N–H and O–H groups in total. The van der Waals surface area contributed by atoms with Crippen LogP contribution < -0.4 is 5.32 Å². The molecule has 0 aliphatic carbocycles. The fourth-order valence-corrected chi connectivity index (χ4v) is 1.14. The summed E-state index contributed by atoms with van der Waals surface area (Å²) in [4.78, 5) is 4.18. The standard InChI is InChI=1S/C11H20N2O3/c1-11(2,15-4)9-7-13-10(16-9)8-12-5-6-14-3/h7,12H,5-6,8H2,1-4H3. The van der Waals surface area contributed by atoms with Gasteiger partial charge in [0, 0.05) is 20.8 Å². The van der Waals surface area contributed by atoms with Crippen molar-refractivity contribution in [3.05, 3.63) is 17.8 Å². The van der Waals surface area contributed by atoms with Gasteiger partial charge in [0.15, 0.2) is 5.76 Å². The summed E-state index contributed by atoms with van der Waals surface area (Å²) >= 11 is 0. The van der Waals surface area contributed by atoms with Crippen molar-refractivity contribution >= 4 is 0 Å². The third-order valence-electron chi connectivity index (χ3n) is 2.42. The topological polar surface area (TPSA) is 56.5 Å². The second kappa shape index (κ2) is 5.98. The molecule has 16 heavy (non-hydrogen) atoms. The molecule has 5 heteroatoms. The van der Waals surface area contributed by atoms with E-state index in [1.165, 1.54) is 0 Å². The minimum Gasteiger partial charge on any atom is -0.441 e. The van der Waals surface area contributed by atoms with Gasteiger partial charge in [-0.15, -0.1) is 0 Å². The summed E-state index contributed by atoms with van der Waals surface area (Å²) in [5.41, 5.74) is -0.433. The molecular weight excluding hydrogens is 208 g/mol. The Hall–Kier alpha value is -0.910. The quantitative estimate of drug-likeness (QED) is 0.713. The number of hydrogen-bond acceptors (Lipinski definition) is 5. The largest absolute Gasteiger partial charge is 0.441 e. The molecule has 1 rings (SSSR count). The molecule has 0 bridgehead atoms. The molecule has 0 amide bonds. The molecule has 0 spiro atoms. The van der Waals surface area contributed by atoms with Gasteiger partial charge in [0.25, 0.3) is 0 Å². The molecule has 1 aromatic heterocycles. The van der Waals surface area contributed by atoms with E-state index in [0.29, 0.717) is 19.0 Å². The van der Waals surface area contributed by atoms with Crippen molar-refractivity contribution in [2.75, 3.05) is 27.4 Å². The smallest absolute Gasteiger partial charge is 0.208 e. The lowest BCUT2D eigenvalue weighted by Gasteiger charge is -2.18. The number of methoxy groups -OCH3 is 2. The molecule has 0 aromatic carbocycles. The van der Waals surface area contributed by atoms with E-state index in [4.69, 9.17) is 13.9 Å². The van der Waals surface area contributed by atoms with Gasteiger partial charge in [-0.05, 0) is 13.8 Å². The monoisotopic (exact) mass is 228 g/mol. The highest BCUT2D eigenvalue weighted by molar-refractivity contribution is 5.03. The molecular formula is C11H20N2O3. The Morgan fingerprint density at radius 1 is 1.44 bits per heavy atom. The molecule has 92 valence electrons. The first-order chi connectivity index (χ1) is 7.60. The zero-order valence-corrected chi connectivity index (χ0v) is 10.4. The van der Waals surface area contributed by atoms with E-state index in [1.54, 1.807) is 20.4 Å². The molecule has 0 aliphatic rings. The van der Waals surface area contributed by atoms with E-state index in [2.05, 4.69) is 10.3 Å². The Kier molecular flexibility index (Phi) is 4.92. The zero-order valence-electron chi connectivity index (χ0n) is 10.4. The van der Waals surface area contributed by atoms with Gasteiger partial charge < -0.3 is 19.2 Å². The minimum absolute atomic E-state index is 0.433. The van der Waals surface area contributed by atoms with Crippen LogP contribution in [-0.4, -0.2) is 32.4 Å². The first-order valence-electron chi connectivity index (χ1n) is 5.30. The van der Waals surface area contributed by atoms with Crippen molar-refractivity contribution < 1.29 is 13.9 Å². The summed E-state index contributed by atoms with van der Waals surface area (Å²) < 4.78 is 15.8.